The van der Waals surface area contributed by atoms with Crippen molar-refractivity contribution in [2.24, 2.45) is 0 Å². The minimum absolute atomic E-state index is 0.168. The van der Waals surface area contributed by atoms with Gasteiger partial charge in [0, 0.05) is 17.0 Å². The van der Waals surface area contributed by atoms with Crippen LogP contribution in [-0.4, -0.2) is 19.4 Å². The summed E-state index contributed by atoms with van der Waals surface area (Å²) >= 11 is 10.7. The van der Waals surface area contributed by atoms with E-state index >= 15 is 0 Å². The summed E-state index contributed by atoms with van der Waals surface area (Å²) < 4.78 is 8.40. The van der Waals surface area contributed by atoms with Crippen molar-refractivity contribution in [2.45, 2.75) is 24.6 Å². The molecule has 1 heterocycles. The first-order valence-electron chi connectivity index (χ1n) is 5.20. The van der Waals surface area contributed by atoms with Gasteiger partial charge in [-0.25, -0.2) is 0 Å². The van der Waals surface area contributed by atoms with E-state index in [0.717, 1.165) is 28.3 Å². The van der Waals surface area contributed by atoms with E-state index in [1.807, 2.05) is 13.0 Å². The van der Waals surface area contributed by atoms with Crippen molar-refractivity contribution in [1.82, 2.24) is 8.75 Å². The Hall–Kier alpha value is -0.520. The summed E-state index contributed by atoms with van der Waals surface area (Å²) in [4.78, 5) is 11.4. The van der Waals surface area contributed by atoms with Crippen LogP contribution in [0.3, 0.4) is 0 Å². The van der Waals surface area contributed by atoms with Gasteiger partial charge in [-0.05, 0) is 18.6 Å². The molecule has 0 saturated heterocycles. The third-order valence-corrected chi connectivity index (χ3v) is 4.29. The Kier molecular flexibility index (Phi) is 4.12. The zero-order chi connectivity index (χ0) is 12.4. The van der Waals surface area contributed by atoms with Gasteiger partial charge in [-0.15, -0.1) is 0 Å². The Morgan fingerprint density at radius 1 is 1.53 bits per heavy atom. The summed E-state index contributed by atoms with van der Waals surface area (Å²) in [5, 5.41) is 0.638. The lowest BCUT2D eigenvalue weighted by molar-refractivity contribution is -0.118. The van der Waals surface area contributed by atoms with Gasteiger partial charge in [-0.2, -0.15) is 8.75 Å². The zero-order valence-corrected chi connectivity index (χ0v) is 12.3. The van der Waals surface area contributed by atoms with Gasteiger partial charge in [0.05, 0.1) is 16.6 Å². The van der Waals surface area contributed by atoms with E-state index in [0.29, 0.717) is 17.9 Å². The highest BCUT2D eigenvalue weighted by molar-refractivity contribution is 9.10. The van der Waals surface area contributed by atoms with Crippen LogP contribution < -0.4 is 0 Å². The number of benzene rings is 1. The van der Waals surface area contributed by atoms with Crippen molar-refractivity contribution in [2.75, 3.05) is 0 Å². The van der Waals surface area contributed by atoms with Gasteiger partial charge in [-0.3, -0.25) is 4.79 Å². The Balaban J connectivity index is 2.37. The highest BCUT2D eigenvalue weighted by Crippen LogP contribution is 2.27. The first kappa shape index (κ1) is 12.9. The lowest BCUT2D eigenvalue weighted by Gasteiger charge is -2.09. The Morgan fingerprint density at radius 2 is 2.29 bits per heavy atom. The third-order valence-electron chi connectivity index (χ3n) is 2.56. The minimum atomic E-state index is -0.211. The summed E-state index contributed by atoms with van der Waals surface area (Å²) in [5.41, 5.74) is 2.52. The average molecular weight is 334 g/mol. The van der Waals surface area contributed by atoms with Crippen molar-refractivity contribution in [3.63, 3.8) is 0 Å². The van der Waals surface area contributed by atoms with E-state index < -0.39 is 0 Å². The first-order valence-corrected chi connectivity index (χ1v) is 7.22. The van der Waals surface area contributed by atoms with Crippen LogP contribution in [0.2, 0.25) is 5.02 Å². The molecule has 0 aliphatic heterocycles. The molecule has 1 unspecified atom stereocenters. The molecule has 3 nitrogen and oxygen atoms in total. The number of ketones is 1. The molecule has 0 N–H and O–H groups in total. The fourth-order valence-corrected chi connectivity index (χ4v) is 3.03. The molecule has 0 radical (unpaired) electrons. The van der Waals surface area contributed by atoms with Crippen LogP contribution >= 0.6 is 39.3 Å². The number of carbonyl (C=O) groups excluding carboxylic acids is 1. The van der Waals surface area contributed by atoms with Crippen LogP contribution in [0.25, 0.3) is 11.0 Å². The maximum Gasteiger partial charge on any atom is 0.146 e. The van der Waals surface area contributed by atoms with Gasteiger partial charge in [0.15, 0.2) is 0 Å². The molecule has 6 heteroatoms. The lowest BCUT2D eigenvalue weighted by Crippen LogP contribution is -2.15. The number of hydrogen-bond donors (Lipinski definition) is 0. The number of aromatic nitrogens is 2. The van der Waals surface area contributed by atoms with E-state index in [2.05, 4.69) is 24.7 Å². The summed E-state index contributed by atoms with van der Waals surface area (Å²) in [6.07, 6.45) is 1.06. The molecule has 0 saturated carbocycles. The molecule has 17 heavy (non-hydrogen) atoms. The molecule has 0 aliphatic rings. The van der Waals surface area contributed by atoms with Gasteiger partial charge in [-0.1, -0.05) is 34.5 Å². The number of halogens is 2. The highest BCUT2D eigenvalue weighted by Gasteiger charge is 2.18. The van der Waals surface area contributed by atoms with Crippen LogP contribution in [0.1, 0.15) is 18.9 Å². The van der Waals surface area contributed by atoms with E-state index in [4.69, 9.17) is 11.6 Å². The number of rotatable bonds is 4. The van der Waals surface area contributed by atoms with Crippen LogP contribution in [0.5, 0.6) is 0 Å². The number of nitrogens with zero attached hydrogens (tertiary/aromatic N) is 2. The Labute approximate surface area is 117 Å². The lowest BCUT2D eigenvalue weighted by atomic mass is 10.0. The summed E-state index contributed by atoms with van der Waals surface area (Å²) in [5.74, 6) is 0.168. The monoisotopic (exact) mass is 332 g/mol. The topological polar surface area (TPSA) is 42.9 Å². The number of fused-ring (bicyclic) bond motifs is 1. The largest absolute Gasteiger partial charge is 0.298 e. The number of Topliss-reactive ketones (excluding diaryl/α,β-unsaturated/α-hetero) is 1. The minimum Gasteiger partial charge on any atom is -0.298 e. The van der Waals surface area contributed by atoms with Crippen LogP contribution in [-0.2, 0) is 11.2 Å². The molecule has 0 bridgehead atoms. The summed E-state index contributed by atoms with van der Waals surface area (Å²) in [7, 11) is 0. The van der Waals surface area contributed by atoms with Gasteiger partial charge < -0.3 is 0 Å². The molecule has 0 fully saturated rings. The second-order valence-electron chi connectivity index (χ2n) is 3.65. The van der Waals surface area contributed by atoms with Gasteiger partial charge in [0.1, 0.15) is 16.8 Å². The summed E-state index contributed by atoms with van der Waals surface area (Å²) in [6, 6.07) is 3.65. The number of carbonyl (C=O) groups is 1. The molecule has 90 valence electrons. The van der Waals surface area contributed by atoms with E-state index in [-0.39, 0.29) is 10.6 Å². The fourth-order valence-electron chi connectivity index (χ4n) is 1.59. The first-order chi connectivity index (χ1) is 8.13. The molecular formula is C11H10BrClN2OS. The molecule has 1 atom stereocenters. The molecule has 1 aromatic heterocycles. The highest BCUT2D eigenvalue weighted by atomic mass is 79.9. The third kappa shape index (κ3) is 2.67. The maximum absolute atomic E-state index is 11.6. The van der Waals surface area contributed by atoms with E-state index in [1.165, 1.54) is 0 Å². The second kappa shape index (κ2) is 5.42. The van der Waals surface area contributed by atoms with Crippen LogP contribution in [0.15, 0.2) is 12.1 Å². The number of alkyl halides is 1. The van der Waals surface area contributed by atoms with E-state index in [9.17, 15) is 4.79 Å². The molecule has 0 spiro atoms. The Morgan fingerprint density at radius 3 is 3.00 bits per heavy atom. The maximum atomic E-state index is 11.6. The molecule has 2 rings (SSSR count). The fraction of sp³-hybridized carbons (Fsp3) is 0.364. The molecule has 0 aliphatic carbocycles. The van der Waals surface area contributed by atoms with Crippen LogP contribution in [0, 0.1) is 0 Å². The standard InChI is InChI=1S/C11H10BrClN2OS/c1-2-10(16)7(12)5-6-8(13)3-4-9-11(6)15-17-14-9/h3-4,7H,2,5H2,1H3. The average Bonchev–Trinajstić information content (AvgIpc) is 2.80. The van der Waals surface area contributed by atoms with Gasteiger partial charge in [0.25, 0.3) is 0 Å². The predicted octanol–water partition coefficient (Wildman–Crippen LogP) is 3.63. The van der Waals surface area contributed by atoms with Crippen molar-refractivity contribution in [3.05, 3.63) is 22.7 Å². The normalized spacial score (nSPS) is 12.9. The second-order valence-corrected chi connectivity index (χ2v) is 5.69. The smallest absolute Gasteiger partial charge is 0.146 e. The van der Waals surface area contributed by atoms with Crippen molar-refractivity contribution in [3.8, 4) is 0 Å². The van der Waals surface area contributed by atoms with Crippen molar-refractivity contribution in [1.29, 1.82) is 0 Å². The molecule has 0 amide bonds. The Bertz CT molecular complexity index is 557. The van der Waals surface area contributed by atoms with E-state index in [1.54, 1.807) is 6.07 Å². The molecule has 2 aromatic rings. The van der Waals surface area contributed by atoms with Gasteiger partial charge in [0.2, 0.25) is 0 Å². The van der Waals surface area contributed by atoms with Crippen LogP contribution in [0.4, 0.5) is 0 Å². The SMILES string of the molecule is CCC(=O)C(Br)Cc1c(Cl)ccc2nsnc12. The molecular weight excluding hydrogens is 324 g/mol. The van der Waals surface area contributed by atoms with Gasteiger partial charge >= 0.3 is 0 Å². The predicted molar refractivity (Wildman–Crippen MR) is 74.1 cm³/mol. The van der Waals surface area contributed by atoms with Crippen molar-refractivity contribution < 1.29 is 4.79 Å². The van der Waals surface area contributed by atoms with Crippen molar-refractivity contribution >= 4 is 56.1 Å². The zero-order valence-electron chi connectivity index (χ0n) is 9.11. The molecule has 1 aromatic carbocycles. The number of hydrogen-bond acceptors (Lipinski definition) is 4. The quantitative estimate of drug-likeness (QED) is 0.802. The summed E-state index contributed by atoms with van der Waals surface area (Å²) in [6.45, 7) is 1.85.